The van der Waals surface area contributed by atoms with Crippen LogP contribution >= 0.6 is 0 Å². The molecule has 0 amide bonds. The van der Waals surface area contributed by atoms with E-state index in [0.717, 1.165) is 12.1 Å². The fourth-order valence-corrected chi connectivity index (χ4v) is 4.41. The lowest BCUT2D eigenvalue weighted by Crippen LogP contribution is -2.40. The van der Waals surface area contributed by atoms with E-state index < -0.39 is 26.5 Å². The number of rotatable bonds is 5. The van der Waals surface area contributed by atoms with E-state index in [4.69, 9.17) is 0 Å². The summed E-state index contributed by atoms with van der Waals surface area (Å²) in [6.45, 7) is 2.07. The van der Waals surface area contributed by atoms with E-state index in [1.807, 2.05) is 0 Å². The Bertz CT molecular complexity index is 693. The molecule has 1 N–H and O–H groups in total. The van der Waals surface area contributed by atoms with E-state index in [0.29, 0.717) is 25.9 Å². The lowest BCUT2D eigenvalue weighted by atomic mass is 10.2. The molecule has 22 heavy (non-hydrogen) atoms. The number of halogens is 1. The first kappa shape index (κ1) is 16.8. The number of hydrogen-bond donors (Lipinski definition) is 1. The number of nitrogens with one attached hydrogen (secondary N) is 1. The number of hydrogen-bond acceptors (Lipinski definition) is 5. The number of nitro groups is 1. The first-order chi connectivity index (χ1) is 10.3. The molecule has 122 valence electrons. The molecular formula is C13H18FN3O4S. The number of benzene rings is 1. The molecule has 1 aromatic carbocycles. The number of likely N-dealkylation sites (N-methyl/N-ethyl adjacent to an activating group) is 1. The molecule has 7 nitrogen and oxygen atoms in total. The average molecular weight is 331 g/mol. The summed E-state index contributed by atoms with van der Waals surface area (Å²) in [7, 11) is -2.23. The lowest BCUT2D eigenvalue weighted by molar-refractivity contribution is -0.385. The van der Waals surface area contributed by atoms with Crippen LogP contribution in [-0.2, 0) is 10.0 Å². The van der Waals surface area contributed by atoms with Gasteiger partial charge in [0.2, 0.25) is 10.0 Å². The SMILES string of the molecule is CNCC1CCCN1S(=O)(=O)c1cc(F)c(C)c([N+](=O)[O-])c1. The van der Waals surface area contributed by atoms with Crippen molar-refractivity contribution in [3.05, 3.63) is 33.6 Å². The van der Waals surface area contributed by atoms with E-state index in [2.05, 4.69) is 5.32 Å². The van der Waals surface area contributed by atoms with Crippen molar-refractivity contribution >= 4 is 15.7 Å². The molecule has 1 atom stereocenters. The van der Waals surface area contributed by atoms with Gasteiger partial charge in [0.05, 0.1) is 15.4 Å². The molecule has 1 aliphatic heterocycles. The molecule has 1 aromatic rings. The van der Waals surface area contributed by atoms with Crippen molar-refractivity contribution < 1.29 is 17.7 Å². The van der Waals surface area contributed by atoms with E-state index in [1.54, 1.807) is 7.05 Å². The molecule has 1 heterocycles. The van der Waals surface area contributed by atoms with Crippen LogP contribution < -0.4 is 5.32 Å². The van der Waals surface area contributed by atoms with Crippen LogP contribution in [-0.4, -0.2) is 43.8 Å². The zero-order chi connectivity index (χ0) is 16.5. The van der Waals surface area contributed by atoms with Crippen LogP contribution in [0.1, 0.15) is 18.4 Å². The summed E-state index contributed by atoms with van der Waals surface area (Å²) < 4.78 is 40.5. The highest BCUT2D eigenvalue weighted by Gasteiger charge is 2.36. The fourth-order valence-electron chi connectivity index (χ4n) is 2.68. The molecule has 0 spiro atoms. The Labute approximate surface area is 128 Å². The largest absolute Gasteiger partial charge is 0.318 e. The maximum atomic E-state index is 13.9. The Balaban J connectivity index is 2.48. The average Bonchev–Trinajstić information content (AvgIpc) is 2.90. The minimum Gasteiger partial charge on any atom is -0.318 e. The van der Waals surface area contributed by atoms with Gasteiger partial charge in [0.1, 0.15) is 5.82 Å². The van der Waals surface area contributed by atoms with Crippen molar-refractivity contribution in [2.75, 3.05) is 20.1 Å². The zero-order valence-electron chi connectivity index (χ0n) is 12.4. The number of nitro benzene ring substituents is 1. The Morgan fingerprint density at radius 3 is 2.77 bits per heavy atom. The van der Waals surface area contributed by atoms with Gasteiger partial charge in [0.25, 0.3) is 5.69 Å². The van der Waals surface area contributed by atoms with Gasteiger partial charge in [-0.1, -0.05) is 0 Å². The van der Waals surface area contributed by atoms with Gasteiger partial charge in [-0.3, -0.25) is 10.1 Å². The van der Waals surface area contributed by atoms with Crippen molar-refractivity contribution in [1.82, 2.24) is 9.62 Å². The summed E-state index contributed by atoms with van der Waals surface area (Å²) in [5.74, 6) is -0.892. The maximum Gasteiger partial charge on any atom is 0.276 e. The van der Waals surface area contributed by atoms with E-state index in [9.17, 15) is 22.9 Å². The van der Waals surface area contributed by atoms with Crippen LogP contribution in [0.25, 0.3) is 0 Å². The molecule has 0 radical (unpaired) electrons. The zero-order valence-corrected chi connectivity index (χ0v) is 13.2. The Kier molecular flexibility index (Phi) is 4.78. The predicted molar refractivity (Wildman–Crippen MR) is 78.6 cm³/mol. The second kappa shape index (κ2) is 6.27. The van der Waals surface area contributed by atoms with Crippen LogP contribution in [0.3, 0.4) is 0 Å². The molecular weight excluding hydrogens is 313 g/mol. The van der Waals surface area contributed by atoms with Crippen LogP contribution in [0.15, 0.2) is 17.0 Å². The summed E-state index contributed by atoms with van der Waals surface area (Å²) in [6.07, 6.45) is 1.42. The second-order valence-electron chi connectivity index (χ2n) is 5.28. The van der Waals surface area contributed by atoms with Crippen LogP contribution in [0, 0.1) is 22.9 Å². The lowest BCUT2D eigenvalue weighted by Gasteiger charge is -2.24. The minimum atomic E-state index is -3.96. The molecule has 9 heteroatoms. The first-order valence-corrected chi connectivity index (χ1v) is 8.34. The third-order valence-electron chi connectivity index (χ3n) is 3.86. The van der Waals surface area contributed by atoms with E-state index >= 15 is 0 Å². The van der Waals surface area contributed by atoms with Crippen LogP contribution in [0.4, 0.5) is 10.1 Å². The molecule has 0 aliphatic carbocycles. The van der Waals surface area contributed by atoms with Gasteiger partial charge in [-0.05, 0) is 32.9 Å². The van der Waals surface area contributed by atoms with Gasteiger partial charge in [-0.15, -0.1) is 0 Å². The highest BCUT2D eigenvalue weighted by atomic mass is 32.2. The van der Waals surface area contributed by atoms with Crippen molar-refractivity contribution in [3.63, 3.8) is 0 Å². The molecule has 1 saturated heterocycles. The molecule has 0 bridgehead atoms. The quantitative estimate of drug-likeness (QED) is 0.650. The molecule has 1 unspecified atom stereocenters. The molecule has 2 rings (SSSR count). The monoisotopic (exact) mass is 331 g/mol. The summed E-state index contributed by atoms with van der Waals surface area (Å²) in [6, 6.07) is 1.56. The van der Waals surface area contributed by atoms with Crippen LogP contribution in [0.5, 0.6) is 0 Å². The normalized spacial score (nSPS) is 19.5. The fraction of sp³-hybridized carbons (Fsp3) is 0.538. The molecule has 1 aliphatic rings. The van der Waals surface area contributed by atoms with Gasteiger partial charge in [-0.25, -0.2) is 12.8 Å². The first-order valence-electron chi connectivity index (χ1n) is 6.90. The van der Waals surface area contributed by atoms with E-state index in [-0.39, 0.29) is 16.5 Å². The van der Waals surface area contributed by atoms with Crippen molar-refractivity contribution in [2.24, 2.45) is 0 Å². The standard InChI is InChI=1S/C13H18FN3O4S/c1-9-12(14)6-11(7-13(9)17(18)19)22(20,21)16-5-3-4-10(16)8-15-2/h6-7,10,15H,3-5,8H2,1-2H3. The Hall–Kier alpha value is -1.58. The Morgan fingerprint density at radius 1 is 1.50 bits per heavy atom. The Morgan fingerprint density at radius 2 is 2.18 bits per heavy atom. The highest BCUT2D eigenvalue weighted by molar-refractivity contribution is 7.89. The summed E-state index contributed by atoms with van der Waals surface area (Å²) in [5, 5.41) is 13.9. The molecule has 1 fully saturated rings. The third-order valence-corrected chi connectivity index (χ3v) is 5.79. The summed E-state index contributed by atoms with van der Waals surface area (Å²) in [4.78, 5) is 9.82. The topological polar surface area (TPSA) is 92.6 Å². The van der Waals surface area contributed by atoms with Crippen molar-refractivity contribution in [1.29, 1.82) is 0 Å². The van der Waals surface area contributed by atoms with Gasteiger partial charge in [-0.2, -0.15) is 4.31 Å². The number of nitrogens with zero attached hydrogens (tertiary/aromatic N) is 2. The van der Waals surface area contributed by atoms with Gasteiger partial charge < -0.3 is 5.32 Å². The second-order valence-corrected chi connectivity index (χ2v) is 7.17. The minimum absolute atomic E-state index is 0.169. The van der Waals surface area contributed by atoms with Gasteiger partial charge in [0.15, 0.2) is 0 Å². The summed E-state index contributed by atoms with van der Waals surface area (Å²) >= 11 is 0. The molecule has 0 saturated carbocycles. The van der Waals surface area contributed by atoms with E-state index in [1.165, 1.54) is 11.2 Å². The molecule has 0 aromatic heterocycles. The van der Waals surface area contributed by atoms with Crippen molar-refractivity contribution in [2.45, 2.75) is 30.7 Å². The summed E-state index contributed by atoms with van der Waals surface area (Å²) in [5.41, 5.74) is -0.694. The van der Waals surface area contributed by atoms with Crippen molar-refractivity contribution in [3.8, 4) is 0 Å². The predicted octanol–water partition coefficient (Wildman–Crippen LogP) is 1.41. The third kappa shape index (κ3) is 2.96. The van der Waals surface area contributed by atoms with Gasteiger partial charge >= 0.3 is 0 Å². The highest BCUT2D eigenvalue weighted by Crippen LogP contribution is 2.30. The van der Waals surface area contributed by atoms with Gasteiger partial charge in [0, 0.05) is 25.2 Å². The van der Waals surface area contributed by atoms with Crippen LogP contribution in [0.2, 0.25) is 0 Å². The smallest absolute Gasteiger partial charge is 0.276 e. The maximum absolute atomic E-state index is 13.9. The number of sulfonamides is 1.